The zero-order chi connectivity index (χ0) is 16.3. The molecule has 0 radical (unpaired) electrons. The molecule has 1 amide bonds. The largest absolute Gasteiger partial charge is 0.385 e. The van der Waals surface area contributed by atoms with Gasteiger partial charge in [0.15, 0.2) is 0 Å². The van der Waals surface area contributed by atoms with Crippen molar-refractivity contribution >= 4 is 17.5 Å². The first-order chi connectivity index (χ1) is 10.4. The predicted molar refractivity (Wildman–Crippen MR) is 80.5 cm³/mol. The lowest BCUT2D eigenvalue weighted by Gasteiger charge is -2.13. The second-order valence-electron chi connectivity index (χ2n) is 4.75. The monoisotopic (exact) mass is 324 g/mol. The Hall–Kier alpha value is -2.18. The van der Waals surface area contributed by atoms with Crippen molar-refractivity contribution in [1.29, 1.82) is 0 Å². The molecule has 5 nitrogen and oxygen atoms in total. The highest BCUT2D eigenvalue weighted by Crippen LogP contribution is 2.23. The maximum atomic E-state index is 13.7. The Balaban J connectivity index is 2.10. The molecule has 1 unspecified atom stereocenters. The van der Waals surface area contributed by atoms with Crippen LogP contribution in [0.15, 0.2) is 35.1 Å². The Morgan fingerprint density at radius 2 is 2.14 bits per heavy atom. The van der Waals surface area contributed by atoms with Gasteiger partial charge in [0.05, 0.1) is 10.6 Å². The van der Waals surface area contributed by atoms with Crippen molar-refractivity contribution < 1.29 is 14.3 Å². The van der Waals surface area contributed by atoms with E-state index in [0.717, 1.165) is 6.07 Å². The first-order valence-corrected chi connectivity index (χ1v) is 6.88. The van der Waals surface area contributed by atoms with Crippen LogP contribution in [0, 0.1) is 12.7 Å². The van der Waals surface area contributed by atoms with Gasteiger partial charge in [-0.25, -0.2) is 4.39 Å². The number of hydrogen-bond donors (Lipinski definition) is 3. The van der Waals surface area contributed by atoms with Crippen molar-refractivity contribution in [1.82, 2.24) is 10.3 Å². The third-order valence-corrected chi connectivity index (χ3v) is 3.60. The number of benzene rings is 1. The van der Waals surface area contributed by atoms with Gasteiger partial charge in [-0.15, -0.1) is 0 Å². The third-order valence-electron chi connectivity index (χ3n) is 3.12. The molecule has 1 aromatic heterocycles. The molecule has 0 spiro atoms. The number of halogens is 2. The average Bonchev–Trinajstić information content (AvgIpc) is 2.49. The minimum atomic E-state index is -1.12. The Morgan fingerprint density at radius 1 is 1.41 bits per heavy atom. The van der Waals surface area contributed by atoms with E-state index in [1.807, 2.05) is 0 Å². The van der Waals surface area contributed by atoms with Crippen molar-refractivity contribution in [3.63, 3.8) is 0 Å². The molecular weight excluding hydrogens is 311 g/mol. The molecule has 7 heteroatoms. The van der Waals surface area contributed by atoms with Crippen molar-refractivity contribution in [2.24, 2.45) is 0 Å². The quantitative estimate of drug-likeness (QED) is 0.804. The van der Waals surface area contributed by atoms with Crippen molar-refractivity contribution in [3.8, 4) is 0 Å². The summed E-state index contributed by atoms with van der Waals surface area (Å²) in [7, 11) is 0. The fourth-order valence-corrected chi connectivity index (χ4v) is 2.15. The van der Waals surface area contributed by atoms with Crippen LogP contribution in [0.4, 0.5) is 4.39 Å². The molecule has 3 N–H and O–H groups in total. The molecule has 1 atom stereocenters. The van der Waals surface area contributed by atoms with Gasteiger partial charge in [-0.1, -0.05) is 23.7 Å². The van der Waals surface area contributed by atoms with Crippen molar-refractivity contribution in [3.05, 3.63) is 68.3 Å². The second-order valence-corrected chi connectivity index (χ2v) is 5.13. The lowest BCUT2D eigenvalue weighted by atomic mass is 10.1. The summed E-state index contributed by atoms with van der Waals surface area (Å²) in [6.07, 6.45) is -1.12. The Kier molecular flexibility index (Phi) is 4.95. The SMILES string of the molecule is Cc1ccc(F)c(C(=O)NCC(O)c2cccc(=O)[nH]2)c1Cl. The Bertz CT molecular complexity index is 761. The first-order valence-electron chi connectivity index (χ1n) is 6.50. The number of amides is 1. The number of aliphatic hydroxyl groups excluding tert-OH is 1. The number of carbonyl (C=O) groups is 1. The van der Waals surface area contributed by atoms with Gasteiger partial charge < -0.3 is 15.4 Å². The first kappa shape index (κ1) is 16.2. The van der Waals surface area contributed by atoms with Gasteiger partial charge in [0, 0.05) is 18.3 Å². The number of H-pyrrole nitrogens is 1. The molecule has 116 valence electrons. The van der Waals surface area contributed by atoms with E-state index in [1.54, 1.807) is 6.92 Å². The highest BCUT2D eigenvalue weighted by molar-refractivity contribution is 6.34. The number of aryl methyl sites for hydroxylation is 1. The van der Waals surface area contributed by atoms with Gasteiger partial charge in [-0.3, -0.25) is 9.59 Å². The highest BCUT2D eigenvalue weighted by Gasteiger charge is 2.19. The molecule has 0 aliphatic rings. The molecule has 0 saturated heterocycles. The molecule has 0 fully saturated rings. The molecule has 0 saturated carbocycles. The predicted octanol–water partition coefficient (Wildman–Crippen LogP) is 1.94. The van der Waals surface area contributed by atoms with E-state index in [1.165, 1.54) is 24.3 Å². The maximum absolute atomic E-state index is 13.7. The van der Waals surface area contributed by atoms with Crippen LogP contribution in [-0.4, -0.2) is 22.5 Å². The van der Waals surface area contributed by atoms with Gasteiger partial charge in [-0.2, -0.15) is 0 Å². The number of rotatable bonds is 4. The highest BCUT2D eigenvalue weighted by atomic mass is 35.5. The van der Waals surface area contributed by atoms with Crippen LogP contribution in [0.2, 0.25) is 5.02 Å². The van der Waals surface area contributed by atoms with E-state index in [4.69, 9.17) is 11.6 Å². The van der Waals surface area contributed by atoms with Crippen LogP contribution in [-0.2, 0) is 0 Å². The van der Waals surface area contributed by atoms with Crippen LogP contribution < -0.4 is 10.9 Å². The standard InChI is InChI=1S/C15H14ClFN2O3/c1-8-5-6-9(17)13(14(8)16)15(22)18-7-11(20)10-3-2-4-12(21)19-10/h2-6,11,20H,7H2,1H3,(H,18,22)(H,19,21). The smallest absolute Gasteiger partial charge is 0.255 e. The molecule has 0 bridgehead atoms. The molecule has 1 heterocycles. The number of carbonyl (C=O) groups excluding carboxylic acids is 1. The van der Waals surface area contributed by atoms with Crippen LogP contribution >= 0.6 is 11.6 Å². The summed E-state index contributed by atoms with van der Waals surface area (Å²) >= 11 is 5.94. The number of pyridine rings is 1. The number of aromatic amines is 1. The van der Waals surface area contributed by atoms with Gasteiger partial charge >= 0.3 is 0 Å². The summed E-state index contributed by atoms with van der Waals surface area (Å²) in [5, 5.41) is 12.3. The summed E-state index contributed by atoms with van der Waals surface area (Å²) in [6, 6.07) is 6.92. The number of hydrogen-bond acceptors (Lipinski definition) is 3. The van der Waals surface area contributed by atoms with Gasteiger partial charge in [0.2, 0.25) is 5.56 Å². The molecule has 0 aliphatic heterocycles. The van der Waals surface area contributed by atoms with Gasteiger partial charge in [-0.05, 0) is 24.6 Å². The minimum Gasteiger partial charge on any atom is -0.385 e. The summed E-state index contributed by atoms with van der Waals surface area (Å²) in [5.41, 5.74) is 0.191. The van der Waals surface area contributed by atoms with Gasteiger partial charge in [0.1, 0.15) is 11.9 Å². The summed E-state index contributed by atoms with van der Waals surface area (Å²) in [4.78, 5) is 25.6. The van der Waals surface area contributed by atoms with E-state index >= 15 is 0 Å². The van der Waals surface area contributed by atoms with E-state index in [2.05, 4.69) is 10.3 Å². The van der Waals surface area contributed by atoms with E-state index in [0.29, 0.717) is 5.56 Å². The molecular formula is C15H14ClFN2O3. The molecule has 0 aliphatic carbocycles. The lowest BCUT2D eigenvalue weighted by molar-refractivity contribution is 0.0910. The lowest BCUT2D eigenvalue weighted by Crippen LogP contribution is -2.30. The molecule has 2 rings (SSSR count). The van der Waals surface area contributed by atoms with E-state index < -0.39 is 17.8 Å². The summed E-state index contributed by atoms with van der Waals surface area (Å²) in [6.45, 7) is 1.46. The van der Waals surface area contributed by atoms with Crippen LogP contribution in [0.1, 0.15) is 27.7 Å². The fraction of sp³-hybridized carbons (Fsp3) is 0.200. The third kappa shape index (κ3) is 3.52. The minimum absolute atomic E-state index is 0.0279. The number of nitrogens with one attached hydrogen (secondary N) is 2. The average molecular weight is 325 g/mol. The Labute approximate surface area is 130 Å². The Morgan fingerprint density at radius 3 is 2.82 bits per heavy atom. The van der Waals surface area contributed by atoms with Crippen molar-refractivity contribution in [2.45, 2.75) is 13.0 Å². The normalized spacial score (nSPS) is 12.0. The topological polar surface area (TPSA) is 82.2 Å². The molecule has 1 aromatic carbocycles. The van der Waals surface area contributed by atoms with Crippen LogP contribution in [0.25, 0.3) is 0 Å². The fourth-order valence-electron chi connectivity index (χ4n) is 1.91. The maximum Gasteiger partial charge on any atom is 0.255 e. The van der Waals surface area contributed by atoms with Crippen LogP contribution in [0.5, 0.6) is 0 Å². The van der Waals surface area contributed by atoms with Crippen LogP contribution in [0.3, 0.4) is 0 Å². The number of aromatic nitrogens is 1. The van der Waals surface area contributed by atoms with Crippen molar-refractivity contribution in [2.75, 3.05) is 6.54 Å². The van der Waals surface area contributed by atoms with E-state index in [-0.39, 0.29) is 28.4 Å². The zero-order valence-electron chi connectivity index (χ0n) is 11.7. The summed E-state index contributed by atoms with van der Waals surface area (Å²) < 4.78 is 13.7. The van der Waals surface area contributed by atoms with Gasteiger partial charge in [0.25, 0.3) is 5.91 Å². The zero-order valence-corrected chi connectivity index (χ0v) is 12.4. The molecule has 2 aromatic rings. The van der Waals surface area contributed by atoms with E-state index in [9.17, 15) is 19.1 Å². The summed E-state index contributed by atoms with van der Waals surface area (Å²) in [5.74, 6) is -1.47. The number of aliphatic hydroxyl groups is 1. The second kappa shape index (κ2) is 6.72. The molecule has 22 heavy (non-hydrogen) atoms.